The summed E-state index contributed by atoms with van der Waals surface area (Å²) in [7, 11) is 3.08. The Balaban J connectivity index is 2.28. The average molecular weight is 312 g/mol. The van der Waals surface area contributed by atoms with Crippen LogP contribution in [-0.4, -0.2) is 30.4 Å². The van der Waals surface area contributed by atoms with Crippen LogP contribution in [0.3, 0.4) is 0 Å². The Morgan fingerprint density at radius 1 is 1.33 bits per heavy atom. The lowest BCUT2D eigenvalue weighted by Crippen LogP contribution is -2.15. The number of ether oxygens (including phenoxy) is 2. The van der Waals surface area contributed by atoms with Crippen molar-refractivity contribution in [3.05, 3.63) is 23.0 Å². The zero-order valence-electron chi connectivity index (χ0n) is 12.2. The third-order valence-electron chi connectivity index (χ3n) is 2.97. The van der Waals surface area contributed by atoms with Gasteiger partial charge in [-0.3, -0.25) is 0 Å². The maximum absolute atomic E-state index is 6.17. The van der Waals surface area contributed by atoms with E-state index in [2.05, 4.69) is 10.1 Å². The van der Waals surface area contributed by atoms with Crippen molar-refractivity contribution in [2.45, 2.75) is 25.8 Å². The largest absolute Gasteiger partial charge is 0.493 e. The van der Waals surface area contributed by atoms with Gasteiger partial charge < -0.3 is 19.7 Å². The van der Waals surface area contributed by atoms with Crippen LogP contribution in [0, 0.1) is 0 Å². The van der Waals surface area contributed by atoms with Gasteiger partial charge in [0, 0.05) is 18.0 Å². The standard InChI is InChI=1S/C14H18ClN3O3/c1-8(16)4-5-12-17-14(18-21-12)9-6-10(15)13(20-3)11(7-9)19-2/h6-8H,4-5,16H2,1-3H3. The SMILES string of the molecule is COc1cc(-c2noc(CCC(C)N)n2)cc(Cl)c1OC. The van der Waals surface area contributed by atoms with E-state index in [0.29, 0.717) is 40.2 Å². The number of hydrogen-bond donors (Lipinski definition) is 1. The van der Waals surface area contributed by atoms with Crippen LogP contribution >= 0.6 is 11.6 Å². The van der Waals surface area contributed by atoms with Crippen molar-refractivity contribution in [2.75, 3.05) is 14.2 Å². The molecular formula is C14H18ClN3O3. The van der Waals surface area contributed by atoms with Crippen LogP contribution in [0.2, 0.25) is 5.02 Å². The first-order valence-electron chi connectivity index (χ1n) is 6.55. The van der Waals surface area contributed by atoms with Gasteiger partial charge in [-0.15, -0.1) is 0 Å². The minimum atomic E-state index is 0.0934. The third kappa shape index (κ3) is 3.65. The summed E-state index contributed by atoms with van der Waals surface area (Å²) in [5.41, 5.74) is 6.41. The van der Waals surface area contributed by atoms with Crippen LogP contribution in [0.5, 0.6) is 11.5 Å². The lowest BCUT2D eigenvalue weighted by molar-refractivity contribution is 0.355. The molecule has 1 unspecified atom stereocenters. The molecule has 0 bridgehead atoms. The van der Waals surface area contributed by atoms with E-state index < -0.39 is 0 Å². The van der Waals surface area contributed by atoms with Gasteiger partial charge in [-0.1, -0.05) is 16.8 Å². The van der Waals surface area contributed by atoms with E-state index in [0.717, 1.165) is 6.42 Å². The van der Waals surface area contributed by atoms with E-state index in [1.165, 1.54) is 7.11 Å². The molecule has 21 heavy (non-hydrogen) atoms. The number of aromatic nitrogens is 2. The first kappa shape index (κ1) is 15.6. The molecule has 0 spiro atoms. The second-order valence-corrected chi connectivity index (χ2v) is 5.13. The van der Waals surface area contributed by atoms with Gasteiger partial charge in [0.25, 0.3) is 0 Å². The summed E-state index contributed by atoms with van der Waals surface area (Å²) < 4.78 is 15.7. The fourth-order valence-corrected chi connectivity index (χ4v) is 2.16. The Bertz CT molecular complexity index is 614. The lowest BCUT2D eigenvalue weighted by Gasteiger charge is -2.10. The maximum atomic E-state index is 6.17. The Hall–Kier alpha value is -1.79. The normalized spacial score (nSPS) is 12.2. The van der Waals surface area contributed by atoms with Gasteiger partial charge in [-0.05, 0) is 25.5 Å². The monoisotopic (exact) mass is 311 g/mol. The summed E-state index contributed by atoms with van der Waals surface area (Å²) >= 11 is 6.17. The van der Waals surface area contributed by atoms with E-state index in [-0.39, 0.29) is 6.04 Å². The van der Waals surface area contributed by atoms with Gasteiger partial charge in [-0.2, -0.15) is 4.98 Å². The van der Waals surface area contributed by atoms with E-state index in [4.69, 9.17) is 31.3 Å². The van der Waals surface area contributed by atoms with Gasteiger partial charge in [-0.25, -0.2) is 0 Å². The zero-order chi connectivity index (χ0) is 15.4. The minimum absolute atomic E-state index is 0.0934. The molecule has 2 N–H and O–H groups in total. The van der Waals surface area contributed by atoms with E-state index in [9.17, 15) is 0 Å². The van der Waals surface area contributed by atoms with Crippen LogP contribution < -0.4 is 15.2 Å². The summed E-state index contributed by atoms with van der Waals surface area (Å²) in [6.45, 7) is 1.94. The predicted octanol–water partition coefficient (Wildman–Crippen LogP) is 2.69. The minimum Gasteiger partial charge on any atom is -0.493 e. The third-order valence-corrected chi connectivity index (χ3v) is 3.25. The van der Waals surface area contributed by atoms with Crippen LogP contribution in [0.1, 0.15) is 19.2 Å². The summed E-state index contributed by atoms with van der Waals surface area (Å²) in [5, 5.41) is 4.38. The molecule has 7 heteroatoms. The molecule has 0 aliphatic rings. The highest BCUT2D eigenvalue weighted by molar-refractivity contribution is 6.32. The molecular weight excluding hydrogens is 294 g/mol. The lowest BCUT2D eigenvalue weighted by atomic mass is 10.2. The number of hydrogen-bond acceptors (Lipinski definition) is 6. The summed E-state index contributed by atoms with van der Waals surface area (Å²) in [5.74, 6) is 2.00. The van der Waals surface area contributed by atoms with Crippen molar-refractivity contribution in [2.24, 2.45) is 5.73 Å². The molecule has 0 aliphatic heterocycles. The fraction of sp³-hybridized carbons (Fsp3) is 0.429. The number of aryl methyl sites for hydroxylation is 1. The number of nitrogens with zero attached hydrogens (tertiary/aromatic N) is 2. The van der Waals surface area contributed by atoms with Crippen molar-refractivity contribution >= 4 is 11.6 Å². The Morgan fingerprint density at radius 2 is 2.10 bits per heavy atom. The Labute approximate surface area is 128 Å². The molecule has 1 aromatic heterocycles. The molecule has 0 amide bonds. The van der Waals surface area contributed by atoms with Crippen molar-refractivity contribution < 1.29 is 14.0 Å². The van der Waals surface area contributed by atoms with E-state index in [1.54, 1.807) is 19.2 Å². The first-order chi connectivity index (χ1) is 10.0. The highest BCUT2D eigenvalue weighted by Gasteiger charge is 2.15. The van der Waals surface area contributed by atoms with E-state index in [1.807, 2.05) is 6.92 Å². The highest BCUT2D eigenvalue weighted by Crippen LogP contribution is 2.38. The van der Waals surface area contributed by atoms with Gasteiger partial charge in [0.2, 0.25) is 11.7 Å². The summed E-state index contributed by atoms with van der Waals surface area (Å²) in [6.07, 6.45) is 1.43. The number of rotatable bonds is 6. The van der Waals surface area contributed by atoms with Gasteiger partial charge in [0.1, 0.15) is 0 Å². The van der Waals surface area contributed by atoms with E-state index >= 15 is 0 Å². The highest BCUT2D eigenvalue weighted by atomic mass is 35.5. The van der Waals surface area contributed by atoms with Gasteiger partial charge in [0.15, 0.2) is 11.5 Å². The zero-order valence-corrected chi connectivity index (χ0v) is 13.0. The molecule has 2 rings (SSSR count). The Morgan fingerprint density at radius 3 is 2.71 bits per heavy atom. The number of benzene rings is 1. The molecule has 0 saturated carbocycles. The molecule has 2 aromatic rings. The predicted molar refractivity (Wildman–Crippen MR) is 79.8 cm³/mol. The topological polar surface area (TPSA) is 83.4 Å². The molecule has 6 nitrogen and oxygen atoms in total. The van der Waals surface area contributed by atoms with Crippen LogP contribution in [-0.2, 0) is 6.42 Å². The summed E-state index contributed by atoms with van der Waals surface area (Å²) in [6, 6.07) is 3.56. The van der Waals surface area contributed by atoms with Crippen molar-refractivity contribution in [3.8, 4) is 22.9 Å². The van der Waals surface area contributed by atoms with Crippen molar-refractivity contribution in [1.29, 1.82) is 0 Å². The summed E-state index contributed by atoms with van der Waals surface area (Å²) in [4.78, 5) is 4.34. The van der Waals surface area contributed by atoms with Crippen molar-refractivity contribution in [3.63, 3.8) is 0 Å². The first-order valence-corrected chi connectivity index (χ1v) is 6.93. The van der Waals surface area contributed by atoms with Crippen LogP contribution in [0.25, 0.3) is 11.4 Å². The number of halogens is 1. The van der Waals surface area contributed by atoms with Crippen molar-refractivity contribution in [1.82, 2.24) is 10.1 Å². The number of methoxy groups -OCH3 is 2. The molecule has 0 saturated heterocycles. The average Bonchev–Trinajstić information content (AvgIpc) is 2.93. The van der Waals surface area contributed by atoms with Gasteiger partial charge >= 0.3 is 0 Å². The molecule has 1 atom stereocenters. The molecule has 0 radical (unpaired) electrons. The molecule has 114 valence electrons. The van der Waals surface area contributed by atoms with Crippen LogP contribution in [0.4, 0.5) is 0 Å². The maximum Gasteiger partial charge on any atom is 0.227 e. The molecule has 1 aromatic carbocycles. The second-order valence-electron chi connectivity index (χ2n) is 4.72. The fourth-order valence-electron chi connectivity index (χ4n) is 1.87. The molecule has 0 aliphatic carbocycles. The molecule has 0 fully saturated rings. The van der Waals surface area contributed by atoms with Crippen LogP contribution in [0.15, 0.2) is 16.7 Å². The molecule has 1 heterocycles. The number of nitrogens with two attached hydrogens (primary N) is 1. The smallest absolute Gasteiger partial charge is 0.227 e. The Kier molecular flexibility index (Phi) is 5.03. The second kappa shape index (κ2) is 6.78. The van der Waals surface area contributed by atoms with Gasteiger partial charge in [0.05, 0.1) is 19.2 Å². The quantitative estimate of drug-likeness (QED) is 0.883.